The van der Waals surface area contributed by atoms with Gasteiger partial charge in [-0.1, -0.05) is 20.8 Å². The fraction of sp³-hybridized carbons (Fsp3) is 0.750. The highest BCUT2D eigenvalue weighted by Crippen LogP contribution is 2.29. The Morgan fingerprint density at radius 3 is 2.73 bits per heavy atom. The molecule has 1 N–H and O–H groups in total. The third-order valence-corrected chi connectivity index (χ3v) is 3.73. The lowest BCUT2D eigenvalue weighted by atomic mass is 9.92. The van der Waals surface area contributed by atoms with Gasteiger partial charge in [0.15, 0.2) is 0 Å². The molecule has 0 aliphatic rings. The van der Waals surface area contributed by atoms with Crippen LogP contribution in [-0.4, -0.2) is 11.5 Å². The van der Waals surface area contributed by atoms with E-state index in [4.69, 9.17) is 0 Å². The minimum absolute atomic E-state index is 0.0627. The van der Waals surface area contributed by atoms with Gasteiger partial charge in [-0.05, 0) is 32.2 Å². The van der Waals surface area contributed by atoms with Crippen molar-refractivity contribution in [3.8, 4) is 0 Å². The van der Waals surface area contributed by atoms with E-state index in [1.165, 1.54) is 11.4 Å². The Hall–Kier alpha value is -0.410. The minimum Gasteiger partial charge on any atom is -0.306 e. The number of thiazole rings is 1. The fourth-order valence-electron chi connectivity index (χ4n) is 1.73. The van der Waals surface area contributed by atoms with Gasteiger partial charge in [0.05, 0.1) is 5.54 Å². The summed E-state index contributed by atoms with van der Waals surface area (Å²) in [5.41, 5.74) is 0.0627. The van der Waals surface area contributed by atoms with Crippen LogP contribution in [0.3, 0.4) is 0 Å². The molecule has 3 heteroatoms. The van der Waals surface area contributed by atoms with E-state index in [-0.39, 0.29) is 5.54 Å². The summed E-state index contributed by atoms with van der Waals surface area (Å²) in [4.78, 5) is 4.44. The molecule has 0 fully saturated rings. The van der Waals surface area contributed by atoms with Gasteiger partial charge in [-0.2, -0.15) is 0 Å². The van der Waals surface area contributed by atoms with Gasteiger partial charge in [-0.15, -0.1) is 11.3 Å². The molecule has 15 heavy (non-hydrogen) atoms. The first-order valence-corrected chi connectivity index (χ1v) is 6.61. The standard InChI is InChI=1S/C12H22N2S/c1-5-14-12(4,7-6-10(2)3)11-13-8-9-15-11/h8-10,14H,5-7H2,1-4H3. The van der Waals surface area contributed by atoms with E-state index >= 15 is 0 Å². The molecule has 86 valence electrons. The van der Waals surface area contributed by atoms with Crippen molar-refractivity contribution in [1.29, 1.82) is 0 Å². The normalized spacial score (nSPS) is 15.5. The summed E-state index contributed by atoms with van der Waals surface area (Å²) in [6, 6.07) is 0. The van der Waals surface area contributed by atoms with Gasteiger partial charge in [0.25, 0.3) is 0 Å². The molecular formula is C12H22N2S. The monoisotopic (exact) mass is 226 g/mol. The molecule has 1 atom stereocenters. The maximum Gasteiger partial charge on any atom is 0.112 e. The lowest BCUT2D eigenvalue weighted by molar-refractivity contribution is 0.318. The summed E-state index contributed by atoms with van der Waals surface area (Å²) in [7, 11) is 0. The molecular weight excluding hydrogens is 204 g/mol. The molecule has 0 saturated heterocycles. The fourth-order valence-corrected chi connectivity index (χ4v) is 2.54. The Morgan fingerprint density at radius 2 is 2.27 bits per heavy atom. The molecule has 1 aromatic heterocycles. The van der Waals surface area contributed by atoms with Crippen LogP contribution in [0.5, 0.6) is 0 Å². The smallest absolute Gasteiger partial charge is 0.112 e. The van der Waals surface area contributed by atoms with Crippen LogP contribution in [0.15, 0.2) is 11.6 Å². The molecule has 0 bridgehead atoms. The van der Waals surface area contributed by atoms with Crippen molar-refractivity contribution >= 4 is 11.3 Å². The molecule has 0 aromatic carbocycles. The van der Waals surface area contributed by atoms with Crippen molar-refractivity contribution in [3.05, 3.63) is 16.6 Å². The number of aromatic nitrogens is 1. The highest BCUT2D eigenvalue weighted by atomic mass is 32.1. The molecule has 0 spiro atoms. The number of hydrogen-bond acceptors (Lipinski definition) is 3. The SMILES string of the molecule is CCNC(C)(CCC(C)C)c1nccs1. The summed E-state index contributed by atoms with van der Waals surface area (Å²) in [5, 5.41) is 6.83. The van der Waals surface area contributed by atoms with E-state index < -0.39 is 0 Å². The van der Waals surface area contributed by atoms with E-state index in [0.717, 1.165) is 18.9 Å². The van der Waals surface area contributed by atoms with Crippen molar-refractivity contribution in [3.63, 3.8) is 0 Å². The van der Waals surface area contributed by atoms with Crippen molar-refractivity contribution < 1.29 is 0 Å². The highest BCUT2D eigenvalue weighted by molar-refractivity contribution is 7.09. The van der Waals surface area contributed by atoms with Crippen LogP contribution in [0.1, 0.15) is 45.5 Å². The molecule has 0 saturated carbocycles. The maximum absolute atomic E-state index is 4.44. The Balaban J connectivity index is 2.70. The van der Waals surface area contributed by atoms with Crippen molar-refractivity contribution in [2.24, 2.45) is 5.92 Å². The molecule has 0 aliphatic heterocycles. The topological polar surface area (TPSA) is 24.9 Å². The average Bonchev–Trinajstić information content (AvgIpc) is 2.68. The molecule has 1 unspecified atom stereocenters. The second-order valence-corrected chi connectivity index (χ2v) is 5.53. The number of nitrogens with zero attached hydrogens (tertiary/aromatic N) is 1. The Bertz CT molecular complexity index is 269. The molecule has 1 heterocycles. The largest absolute Gasteiger partial charge is 0.306 e. The second-order valence-electron chi connectivity index (χ2n) is 4.63. The second kappa shape index (κ2) is 5.61. The average molecular weight is 226 g/mol. The molecule has 0 radical (unpaired) electrons. The van der Waals surface area contributed by atoms with Crippen molar-refractivity contribution in [1.82, 2.24) is 10.3 Å². The van der Waals surface area contributed by atoms with E-state index in [9.17, 15) is 0 Å². The van der Waals surface area contributed by atoms with E-state index in [1.807, 2.05) is 6.20 Å². The quantitative estimate of drug-likeness (QED) is 0.804. The Kier molecular flexibility index (Phi) is 4.74. The molecule has 1 rings (SSSR count). The van der Waals surface area contributed by atoms with Crippen molar-refractivity contribution in [2.75, 3.05) is 6.54 Å². The first-order valence-electron chi connectivity index (χ1n) is 5.73. The van der Waals surface area contributed by atoms with Gasteiger partial charge in [0.1, 0.15) is 5.01 Å². The van der Waals surface area contributed by atoms with Crippen LogP contribution in [0.25, 0.3) is 0 Å². The first kappa shape index (κ1) is 12.7. The molecule has 0 amide bonds. The molecule has 1 aromatic rings. The zero-order valence-corrected chi connectivity index (χ0v) is 11.0. The van der Waals surface area contributed by atoms with E-state index in [1.54, 1.807) is 11.3 Å². The van der Waals surface area contributed by atoms with Gasteiger partial charge in [0.2, 0.25) is 0 Å². The Morgan fingerprint density at radius 1 is 1.53 bits per heavy atom. The van der Waals surface area contributed by atoms with Gasteiger partial charge >= 0.3 is 0 Å². The van der Waals surface area contributed by atoms with Crippen LogP contribution >= 0.6 is 11.3 Å². The predicted molar refractivity (Wildman–Crippen MR) is 67.2 cm³/mol. The van der Waals surface area contributed by atoms with Crippen LogP contribution in [0.2, 0.25) is 0 Å². The van der Waals surface area contributed by atoms with Crippen LogP contribution in [0, 0.1) is 5.92 Å². The zero-order valence-electron chi connectivity index (χ0n) is 10.2. The maximum atomic E-state index is 4.44. The third kappa shape index (κ3) is 3.58. The summed E-state index contributed by atoms with van der Waals surface area (Å²) >= 11 is 1.75. The minimum atomic E-state index is 0.0627. The van der Waals surface area contributed by atoms with Crippen LogP contribution in [0.4, 0.5) is 0 Å². The molecule has 0 aliphatic carbocycles. The lowest BCUT2D eigenvalue weighted by Crippen LogP contribution is -2.39. The lowest BCUT2D eigenvalue weighted by Gasteiger charge is -2.29. The molecule has 2 nitrogen and oxygen atoms in total. The third-order valence-electron chi connectivity index (χ3n) is 2.69. The van der Waals surface area contributed by atoms with Gasteiger partial charge < -0.3 is 5.32 Å². The van der Waals surface area contributed by atoms with E-state index in [0.29, 0.717) is 0 Å². The van der Waals surface area contributed by atoms with Gasteiger partial charge in [-0.3, -0.25) is 0 Å². The number of hydrogen-bond donors (Lipinski definition) is 1. The predicted octanol–water partition coefficient (Wildman–Crippen LogP) is 3.40. The number of rotatable bonds is 6. The van der Waals surface area contributed by atoms with Crippen LogP contribution < -0.4 is 5.32 Å². The van der Waals surface area contributed by atoms with Crippen molar-refractivity contribution in [2.45, 2.75) is 46.1 Å². The van der Waals surface area contributed by atoms with E-state index in [2.05, 4.69) is 43.4 Å². The van der Waals surface area contributed by atoms with Crippen LogP contribution in [-0.2, 0) is 5.54 Å². The summed E-state index contributed by atoms with van der Waals surface area (Å²) in [6.45, 7) is 9.95. The highest BCUT2D eigenvalue weighted by Gasteiger charge is 2.27. The summed E-state index contributed by atoms with van der Waals surface area (Å²) < 4.78 is 0. The first-order chi connectivity index (χ1) is 7.08. The zero-order chi connectivity index (χ0) is 11.3. The number of nitrogens with one attached hydrogen (secondary N) is 1. The van der Waals surface area contributed by atoms with Gasteiger partial charge in [0, 0.05) is 11.6 Å². The summed E-state index contributed by atoms with van der Waals surface area (Å²) in [5.74, 6) is 0.753. The van der Waals surface area contributed by atoms with Gasteiger partial charge in [-0.25, -0.2) is 4.98 Å². The summed E-state index contributed by atoms with van der Waals surface area (Å²) in [6.07, 6.45) is 4.29. The Labute approximate surface area is 97.1 Å².